The molecule has 0 aromatic carbocycles. The highest BCUT2D eigenvalue weighted by molar-refractivity contribution is 6.99. The van der Waals surface area contributed by atoms with Crippen molar-refractivity contribution in [3.05, 3.63) is 11.9 Å². The van der Waals surface area contributed by atoms with Crippen LogP contribution in [0.1, 0.15) is 17.4 Å². The van der Waals surface area contributed by atoms with Gasteiger partial charge in [0, 0.05) is 13.1 Å². The number of carbonyl (C=O) groups is 1. The average molecular weight is 183 g/mol. The summed E-state index contributed by atoms with van der Waals surface area (Å²) in [4.78, 5) is 13.3. The number of carbonyl (C=O) groups excluding carboxylic acids is 1. The second-order valence-electron chi connectivity index (χ2n) is 3.11. The SMILES string of the molecule is CC1CN(C(=O)c2cnsn2)C1. The van der Waals surface area contributed by atoms with Gasteiger partial charge in [0.05, 0.1) is 17.9 Å². The van der Waals surface area contributed by atoms with Crippen molar-refractivity contribution >= 4 is 17.6 Å². The van der Waals surface area contributed by atoms with Gasteiger partial charge in [-0.1, -0.05) is 6.92 Å². The number of likely N-dealkylation sites (tertiary alicyclic amines) is 1. The number of nitrogens with zero attached hydrogens (tertiary/aromatic N) is 3. The first-order chi connectivity index (χ1) is 5.77. The monoisotopic (exact) mass is 183 g/mol. The number of rotatable bonds is 1. The third-order valence-electron chi connectivity index (χ3n) is 1.93. The van der Waals surface area contributed by atoms with Crippen LogP contribution in [0.4, 0.5) is 0 Å². The van der Waals surface area contributed by atoms with Gasteiger partial charge in [-0.3, -0.25) is 4.79 Å². The molecule has 4 nitrogen and oxygen atoms in total. The highest BCUT2D eigenvalue weighted by Gasteiger charge is 2.28. The number of hydrogen-bond donors (Lipinski definition) is 0. The van der Waals surface area contributed by atoms with Crippen LogP contribution >= 0.6 is 11.7 Å². The summed E-state index contributed by atoms with van der Waals surface area (Å²) in [5, 5.41) is 0. The quantitative estimate of drug-likeness (QED) is 0.641. The molecule has 1 aliphatic heterocycles. The molecule has 1 aliphatic rings. The lowest BCUT2D eigenvalue weighted by Crippen LogP contribution is -2.48. The standard InChI is InChI=1S/C7H9N3OS/c1-5-3-10(4-5)7(11)6-2-8-12-9-6/h2,5H,3-4H2,1H3. The van der Waals surface area contributed by atoms with Crippen molar-refractivity contribution in [3.63, 3.8) is 0 Å². The predicted molar refractivity (Wildman–Crippen MR) is 45.0 cm³/mol. The lowest BCUT2D eigenvalue weighted by Gasteiger charge is -2.36. The Bertz CT molecular complexity index is 279. The van der Waals surface area contributed by atoms with E-state index in [9.17, 15) is 4.79 Å². The van der Waals surface area contributed by atoms with Crippen LogP contribution < -0.4 is 0 Å². The first kappa shape index (κ1) is 7.67. The Hall–Kier alpha value is -0.970. The molecule has 64 valence electrons. The smallest absolute Gasteiger partial charge is 0.275 e. The molecule has 0 atom stereocenters. The highest BCUT2D eigenvalue weighted by atomic mass is 32.1. The first-order valence-electron chi connectivity index (χ1n) is 3.84. The summed E-state index contributed by atoms with van der Waals surface area (Å²) in [6.07, 6.45) is 1.52. The van der Waals surface area contributed by atoms with Gasteiger partial charge in [0.15, 0.2) is 5.69 Å². The van der Waals surface area contributed by atoms with E-state index in [1.165, 1.54) is 6.20 Å². The minimum absolute atomic E-state index is 0.0156. The minimum atomic E-state index is 0.0156. The maximum atomic E-state index is 11.5. The van der Waals surface area contributed by atoms with E-state index in [2.05, 4.69) is 15.7 Å². The van der Waals surface area contributed by atoms with Gasteiger partial charge in [-0.05, 0) is 5.92 Å². The van der Waals surface area contributed by atoms with Crippen LogP contribution in [0.2, 0.25) is 0 Å². The summed E-state index contributed by atoms with van der Waals surface area (Å²) in [5.41, 5.74) is 0.479. The molecular weight excluding hydrogens is 174 g/mol. The molecule has 0 bridgehead atoms. The van der Waals surface area contributed by atoms with E-state index in [0.29, 0.717) is 11.6 Å². The first-order valence-corrected chi connectivity index (χ1v) is 4.57. The summed E-state index contributed by atoms with van der Waals surface area (Å²) in [6.45, 7) is 3.84. The highest BCUT2D eigenvalue weighted by Crippen LogP contribution is 2.16. The normalized spacial score (nSPS) is 17.6. The fourth-order valence-corrected chi connectivity index (χ4v) is 1.69. The molecule has 1 saturated heterocycles. The van der Waals surface area contributed by atoms with E-state index in [4.69, 9.17) is 0 Å². The number of aromatic nitrogens is 2. The van der Waals surface area contributed by atoms with Gasteiger partial charge >= 0.3 is 0 Å². The lowest BCUT2D eigenvalue weighted by atomic mass is 10.0. The van der Waals surface area contributed by atoms with Gasteiger partial charge in [0.25, 0.3) is 5.91 Å². The largest absolute Gasteiger partial charge is 0.337 e. The third-order valence-corrected chi connectivity index (χ3v) is 2.41. The Morgan fingerprint density at radius 2 is 2.50 bits per heavy atom. The summed E-state index contributed by atoms with van der Waals surface area (Å²) in [7, 11) is 0. The van der Waals surface area contributed by atoms with E-state index in [1.54, 1.807) is 4.90 Å². The van der Waals surface area contributed by atoms with Gasteiger partial charge in [-0.2, -0.15) is 8.75 Å². The van der Waals surface area contributed by atoms with Crippen LogP contribution in [0.15, 0.2) is 6.20 Å². The van der Waals surface area contributed by atoms with Crippen LogP contribution in [0.5, 0.6) is 0 Å². The van der Waals surface area contributed by atoms with E-state index in [1.807, 2.05) is 0 Å². The fourth-order valence-electron chi connectivity index (χ4n) is 1.29. The third kappa shape index (κ3) is 1.20. The van der Waals surface area contributed by atoms with Crippen molar-refractivity contribution in [2.45, 2.75) is 6.92 Å². The molecule has 0 N–H and O–H groups in total. The van der Waals surface area contributed by atoms with Crippen molar-refractivity contribution in [2.24, 2.45) is 5.92 Å². The Morgan fingerprint density at radius 3 is 3.00 bits per heavy atom. The van der Waals surface area contributed by atoms with Gasteiger partial charge in [0.2, 0.25) is 0 Å². The molecule has 1 aromatic rings. The Balaban J connectivity index is 2.03. The van der Waals surface area contributed by atoms with Crippen molar-refractivity contribution in [2.75, 3.05) is 13.1 Å². The summed E-state index contributed by atoms with van der Waals surface area (Å²) < 4.78 is 7.67. The molecule has 1 fully saturated rings. The predicted octanol–water partition coefficient (Wildman–Crippen LogP) is 0.630. The molecule has 1 aromatic heterocycles. The summed E-state index contributed by atoms with van der Waals surface area (Å²) >= 11 is 1.07. The molecule has 0 saturated carbocycles. The second kappa shape index (κ2) is 2.82. The Kier molecular flexibility index (Phi) is 1.80. The molecule has 0 spiro atoms. The van der Waals surface area contributed by atoms with E-state index < -0.39 is 0 Å². The minimum Gasteiger partial charge on any atom is -0.337 e. The molecule has 1 amide bonds. The Morgan fingerprint density at radius 1 is 1.75 bits per heavy atom. The molecule has 5 heteroatoms. The number of amides is 1. The second-order valence-corrected chi connectivity index (χ2v) is 3.66. The molecule has 2 rings (SSSR count). The van der Waals surface area contributed by atoms with Crippen LogP contribution in [-0.4, -0.2) is 32.6 Å². The topological polar surface area (TPSA) is 46.1 Å². The zero-order chi connectivity index (χ0) is 8.55. The molecular formula is C7H9N3OS. The molecule has 0 aliphatic carbocycles. The van der Waals surface area contributed by atoms with Gasteiger partial charge in [-0.15, -0.1) is 0 Å². The van der Waals surface area contributed by atoms with Crippen LogP contribution in [0.25, 0.3) is 0 Å². The van der Waals surface area contributed by atoms with Gasteiger partial charge < -0.3 is 4.90 Å². The molecule has 0 radical (unpaired) electrons. The maximum Gasteiger partial charge on any atom is 0.275 e. The summed E-state index contributed by atoms with van der Waals surface area (Å²) in [6, 6.07) is 0. The zero-order valence-electron chi connectivity index (χ0n) is 6.73. The van der Waals surface area contributed by atoms with Crippen LogP contribution in [0.3, 0.4) is 0 Å². The molecule has 2 heterocycles. The van der Waals surface area contributed by atoms with Crippen molar-refractivity contribution in [1.29, 1.82) is 0 Å². The average Bonchev–Trinajstić information content (AvgIpc) is 2.49. The van der Waals surface area contributed by atoms with Crippen LogP contribution in [-0.2, 0) is 0 Å². The van der Waals surface area contributed by atoms with E-state index in [0.717, 1.165) is 24.8 Å². The van der Waals surface area contributed by atoms with E-state index in [-0.39, 0.29) is 5.91 Å². The van der Waals surface area contributed by atoms with Crippen molar-refractivity contribution < 1.29 is 4.79 Å². The maximum absolute atomic E-state index is 11.5. The lowest BCUT2D eigenvalue weighted by molar-refractivity contribution is 0.0525. The Labute approximate surface area is 74.5 Å². The fraction of sp³-hybridized carbons (Fsp3) is 0.571. The zero-order valence-corrected chi connectivity index (χ0v) is 7.54. The summed E-state index contributed by atoms with van der Waals surface area (Å²) in [5.74, 6) is 0.655. The van der Waals surface area contributed by atoms with Crippen molar-refractivity contribution in [1.82, 2.24) is 13.6 Å². The number of hydrogen-bond acceptors (Lipinski definition) is 4. The molecule has 0 unspecified atom stereocenters. The van der Waals surface area contributed by atoms with Gasteiger partial charge in [0.1, 0.15) is 0 Å². The molecule has 12 heavy (non-hydrogen) atoms. The van der Waals surface area contributed by atoms with Crippen LogP contribution in [0, 0.1) is 5.92 Å². The van der Waals surface area contributed by atoms with Crippen molar-refractivity contribution in [3.8, 4) is 0 Å². The van der Waals surface area contributed by atoms with Gasteiger partial charge in [-0.25, -0.2) is 0 Å². The van der Waals surface area contributed by atoms with E-state index >= 15 is 0 Å².